The van der Waals surface area contributed by atoms with Crippen LogP contribution in [0.5, 0.6) is 0 Å². The zero-order valence-electron chi connectivity index (χ0n) is 4.44. The van der Waals surface area contributed by atoms with E-state index in [1.165, 1.54) is 0 Å². The maximum absolute atomic E-state index is 9.75. The van der Waals surface area contributed by atoms with Gasteiger partial charge in [-0.2, -0.15) is 0 Å². The second-order valence-corrected chi connectivity index (χ2v) is 1.49. The number of carboxylic acids is 1. The van der Waals surface area contributed by atoms with Crippen LogP contribution in [0.1, 0.15) is 6.42 Å². The molecule has 3 N–H and O–H groups in total. The Hall–Kier alpha value is -0.940. The number of hydrogen-bond acceptors (Lipinski definition) is 4. The minimum absolute atomic E-state index is 0.119. The summed E-state index contributed by atoms with van der Waals surface area (Å²) in [5.41, 5.74) is 0. The van der Waals surface area contributed by atoms with E-state index >= 15 is 0 Å². The Labute approximate surface area is 50.5 Å². The molecule has 0 amide bonds. The lowest BCUT2D eigenvalue weighted by Crippen LogP contribution is -2.38. The second-order valence-electron chi connectivity index (χ2n) is 1.49. The Kier molecular flexibility index (Phi) is 2.29. The predicted molar refractivity (Wildman–Crippen MR) is 25.5 cm³/mol. The molecule has 0 aliphatic rings. The number of carbonyl (C=O) groups excluding carboxylic acids is 1. The summed E-state index contributed by atoms with van der Waals surface area (Å²) >= 11 is 0. The third kappa shape index (κ3) is 2.20. The first kappa shape index (κ1) is 8.06. The van der Waals surface area contributed by atoms with Crippen molar-refractivity contribution in [2.45, 2.75) is 12.2 Å². The molecule has 0 heterocycles. The Balaban J connectivity index is 4.00. The van der Waals surface area contributed by atoms with Crippen LogP contribution in [0, 0.1) is 0 Å². The molecule has 0 aliphatic carbocycles. The second kappa shape index (κ2) is 2.56. The van der Waals surface area contributed by atoms with Crippen LogP contribution in [0.4, 0.5) is 0 Å². The number of aliphatic hydroxyl groups is 2. The lowest BCUT2D eigenvalue weighted by molar-refractivity contribution is -0.203. The first-order chi connectivity index (χ1) is 4.00. The summed E-state index contributed by atoms with van der Waals surface area (Å²) in [5, 5.41) is 24.5. The number of rotatable bonds is 3. The van der Waals surface area contributed by atoms with Crippen LogP contribution < -0.4 is 0 Å². The average molecular weight is 134 g/mol. The molecule has 0 bridgehead atoms. The molecule has 0 saturated carbocycles. The molecule has 0 aromatic carbocycles. The molecule has 0 rings (SSSR count). The van der Waals surface area contributed by atoms with Gasteiger partial charge in [-0.15, -0.1) is 0 Å². The van der Waals surface area contributed by atoms with Gasteiger partial charge in [0.1, 0.15) is 6.29 Å². The van der Waals surface area contributed by atoms with Crippen molar-refractivity contribution in [1.82, 2.24) is 0 Å². The van der Waals surface area contributed by atoms with E-state index in [9.17, 15) is 9.59 Å². The smallest absolute Gasteiger partial charge is 0.364 e. The van der Waals surface area contributed by atoms with E-state index in [1.54, 1.807) is 0 Å². The van der Waals surface area contributed by atoms with E-state index in [2.05, 4.69) is 0 Å². The van der Waals surface area contributed by atoms with E-state index < -0.39 is 18.2 Å². The topological polar surface area (TPSA) is 94.8 Å². The van der Waals surface area contributed by atoms with E-state index in [-0.39, 0.29) is 6.29 Å². The van der Waals surface area contributed by atoms with Crippen molar-refractivity contribution in [1.29, 1.82) is 0 Å². The molecule has 0 atom stereocenters. The van der Waals surface area contributed by atoms with E-state index in [1.807, 2.05) is 0 Å². The van der Waals surface area contributed by atoms with Gasteiger partial charge in [0.05, 0.1) is 6.42 Å². The SMILES string of the molecule is O=CCC(O)(O)C(=O)O. The van der Waals surface area contributed by atoms with Crippen molar-refractivity contribution < 1.29 is 24.9 Å². The third-order valence-corrected chi connectivity index (χ3v) is 0.710. The van der Waals surface area contributed by atoms with Gasteiger partial charge in [-0.25, -0.2) is 4.79 Å². The lowest BCUT2D eigenvalue weighted by Gasteiger charge is -2.10. The first-order valence-corrected chi connectivity index (χ1v) is 2.12. The molecule has 0 aromatic rings. The zero-order chi connectivity index (χ0) is 7.49. The highest BCUT2D eigenvalue weighted by Gasteiger charge is 2.31. The van der Waals surface area contributed by atoms with Crippen LogP contribution in [0.25, 0.3) is 0 Å². The highest BCUT2D eigenvalue weighted by molar-refractivity contribution is 5.78. The average Bonchev–Trinajstić information content (AvgIpc) is 1.65. The molecule has 0 spiro atoms. The normalized spacial score (nSPS) is 10.9. The van der Waals surface area contributed by atoms with Crippen LogP contribution in [0.3, 0.4) is 0 Å². The van der Waals surface area contributed by atoms with Crippen LogP contribution in [-0.4, -0.2) is 33.4 Å². The van der Waals surface area contributed by atoms with Crippen LogP contribution >= 0.6 is 0 Å². The molecule has 0 saturated heterocycles. The molecule has 0 fully saturated rings. The summed E-state index contributed by atoms with van der Waals surface area (Å²) in [4.78, 5) is 19.3. The van der Waals surface area contributed by atoms with Gasteiger partial charge in [0.2, 0.25) is 0 Å². The van der Waals surface area contributed by atoms with Gasteiger partial charge in [0.25, 0.3) is 5.79 Å². The largest absolute Gasteiger partial charge is 0.477 e. The van der Waals surface area contributed by atoms with Gasteiger partial charge in [-0.3, -0.25) is 0 Å². The van der Waals surface area contributed by atoms with Crippen LogP contribution in [-0.2, 0) is 9.59 Å². The fourth-order valence-electron chi connectivity index (χ4n) is 0.204. The van der Waals surface area contributed by atoms with Crippen LogP contribution in [0.15, 0.2) is 0 Å². The quantitative estimate of drug-likeness (QED) is 0.317. The van der Waals surface area contributed by atoms with Gasteiger partial charge < -0.3 is 20.1 Å². The minimum atomic E-state index is -2.90. The van der Waals surface area contributed by atoms with Crippen molar-refractivity contribution >= 4 is 12.3 Å². The monoisotopic (exact) mass is 134 g/mol. The third-order valence-electron chi connectivity index (χ3n) is 0.710. The molecule has 5 nitrogen and oxygen atoms in total. The van der Waals surface area contributed by atoms with Gasteiger partial charge in [-0.1, -0.05) is 0 Å². The Morgan fingerprint density at radius 3 is 2.11 bits per heavy atom. The molecule has 0 aromatic heterocycles. The summed E-state index contributed by atoms with van der Waals surface area (Å²) in [7, 11) is 0. The van der Waals surface area contributed by atoms with E-state index in [4.69, 9.17) is 15.3 Å². The molecule has 9 heavy (non-hydrogen) atoms. The summed E-state index contributed by atoms with van der Waals surface area (Å²) in [6.45, 7) is 0. The number of carboxylic acid groups (broad SMARTS) is 1. The summed E-state index contributed by atoms with van der Waals surface area (Å²) < 4.78 is 0. The highest BCUT2D eigenvalue weighted by Crippen LogP contribution is 2.01. The number of aliphatic carboxylic acids is 1. The first-order valence-electron chi connectivity index (χ1n) is 2.12. The highest BCUT2D eigenvalue weighted by atomic mass is 16.5. The standard InChI is InChI=1S/C4H6O5/c5-2-1-4(8,9)3(6)7/h2,8-9H,1H2,(H,6,7). The zero-order valence-corrected chi connectivity index (χ0v) is 4.44. The van der Waals surface area contributed by atoms with Crippen molar-refractivity contribution in [2.75, 3.05) is 0 Å². The Morgan fingerprint density at radius 2 is 2.00 bits per heavy atom. The minimum Gasteiger partial charge on any atom is -0.477 e. The molecule has 5 heteroatoms. The summed E-state index contributed by atoms with van der Waals surface area (Å²) in [6.07, 6.45) is -0.698. The van der Waals surface area contributed by atoms with Gasteiger partial charge in [0.15, 0.2) is 0 Å². The van der Waals surface area contributed by atoms with Crippen molar-refractivity contribution in [2.24, 2.45) is 0 Å². The van der Waals surface area contributed by atoms with Gasteiger partial charge >= 0.3 is 5.97 Å². The fourth-order valence-corrected chi connectivity index (χ4v) is 0.204. The molecule has 0 radical (unpaired) electrons. The van der Waals surface area contributed by atoms with E-state index in [0.29, 0.717) is 0 Å². The fraction of sp³-hybridized carbons (Fsp3) is 0.500. The lowest BCUT2D eigenvalue weighted by atomic mass is 10.2. The molecular weight excluding hydrogens is 128 g/mol. The molecule has 0 aliphatic heterocycles. The maximum atomic E-state index is 9.75. The Morgan fingerprint density at radius 1 is 1.56 bits per heavy atom. The van der Waals surface area contributed by atoms with Crippen molar-refractivity contribution in [3.63, 3.8) is 0 Å². The maximum Gasteiger partial charge on any atom is 0.364 e. The molecule has 0 unspecified atom stereocenters. The summed E-state index contributed by atoms with van der Waals surface area (Å²) in [6, 6.07) is 0. The van der Waals surface area contributed by atoms with Gasteiger partial charge in [-0.05, 0) is 0 Å². The number of aldehydes is 1. The number of hydrogen-bond donors (Lipinski definition) is 3. The van der Waals surface area contributed by atoms with Gasteiger partial charge in [0, 0.05) is 0 Å². The van der Waals surface area contributed by atoms with Crippen molar-refractivity contribution in [3.8, 4) is 0 Å². The Bertz CT molecular complexity index is 127. The van der Waals surface area contributed by atoms with Crippen molar-refractivity contribution in [3.05, 3.63) is 0 Å². The van der Waals surface area contributed by atoms with E-state index in [0.717, 1.165) is 0 Å². The molecular formula is C4H6O5. The van der Waals surface area contributed by atoms with Crippen LogP contribution in [0.2, 0.25) is 0 Å². The molecule has 52 valence electrons. The summed E-state index contributed by atoms with van der Waals surface area (Å²) in [5.74, 6) is -4.73. The number of carbonyl (C=O) groups is 2. The predicted octanol–water partition coefficient (Wildman–Crippen LogP) is -1.66.